The highest BCUT2D eigenvalue weighted by molar-refractivity contribution is 4.76. The van der Waals surface area contributed by atoms with Crippen molar-refractivity contribution in [1.82, 2.24) is 5.32 Å². The minimum Gasteiger partial charge on any atom is -0.326 e. The Balaban J connectivity index is 3.47. The van der Waals surface area contributed by atoms with Crippen molar-refractivity contribution in [2.45, 2.75) is 38.8 Å². The van der Waals surface area contributed by atoms with Crippen LogP contribution in [0.1, 0.15) is 27.2 Å². The van der Waals surface area contributed by atoms with E-state index in [4.69, 9.17) is 5.73 Å². The van der Waals surface area contributed by atoms with E-state index in [1.165, 1.54) is 0 Å². The molecule has 0 saturated heterocycles. The van der Waals surface area contributed by atoms with E-state index in [9.17, 15) is 0 Å². The van der Waals surface area contributed by atoms with Crippen LogP contribution in [-0.4, -0.2) is 18.6 Å². The third-order valence-corrected chi connectivity index (χ3v) is 1.33. The minimum absolute atomic E-state index is 0.0393. The molecule has 0 heterocycles. The quantitative estimate of drug-likeness (QED) is 0.591. The van der Waals surface area contributed by atoms with Gasteiger partial charge in [0.05, 0.1) is 0 Å². The molecular formula is C7H18N2. The van der Waals surface area contributed by atoms with E-state index in [2.05, 4.69) is 12.2 Å². The molecule has 0 aromatic heterocycles. The summed E-state index contributed by atoms with van der Waals surface area (Å²) in [5, 5.41) is 3.14. The van der Waals surface area contributed by atoms with Crippen molar-refractivity contribution in [1.29, 1.82) is 0 Å². The third-order valence-electron chi connectivity index (χ3n) is 1.33. The van der Waals surface area contributed by atoms with Gasteiger partial charge in [-0.2, -0.15) is 0 Å². The van der Waals surface area contributed by atoms with Gasteiger partial charge in [0.25, 0.3) is 0 Å². The number of rotatable bonds is 3. The third kappa shape index (κ3) is 5.80. The van der Waals surface area contributed by atoms with Gasteiger partial charge in [-0.25, -0.2) is 0 Å². The lowest BCUT2D eigenvalue weighted by Crippen LogP contribution is -2.39. The van der Waals surface area contributed by atoms with Gasteiger partial charge in [-0.15, -0.1) is 0 Å². The summed E-state index contributed by atoms with van der Waals surface area (Å²) in [5.74, 6) is 0. The summed E-state index contributed by atoms with van der Waals surface area (Å²) in [6, 6.07) is 0.519. The van der Waals surface area contributed by atoms with Crippen molar-refractivity contribution in [3.63, 3.8) is 0 Å². The summed E-state index contributed by atoms with van der Waals surface area (Å²) in [4.78, 5) is 0. The van der Waals surface area contributed by atoms with Crippen molar-refractivity contribution in [2.75, 3.05) is 7.05 Å². The zero-order valence-corrected chi connectivity index (χ0v) is 6.86. The van der Waals surface area contributed by atoms with Gasteiger partial charge in [-0.05, 0) is 34.2 Å². The van der Waals surface area contributed by atoms with Crippen molar-refractivity contribution in [2.24, 2.45) is 5.73 Å². The molecule has 0 fully saturated rings. The smallest absolute Gasteiger partial charge is 0.0112 e. The highest BCUT2D eigenvalue weighted by Crippen LogP contribution is 2.05. The highest BCUT2D eigenvalue weighted by Gasteiger charge is 2.13. The van der Waals surface area contributed by atoms with Crippen molar-refractivity contribution in [3.05, 3.63) is 0 Å². The number of hydrogen-bond donors (Lipinski definition) is 2. The summed E-state index contributed by atoms with van der Waals surface area (Å²) in [7, 11) is 1.95. The Labute approximate surface area is 57.8 Å². The Hall–Kier alpha value is -0.0800. The maximum absolute atomic E-state index is 5.77. The van der Waals surface area contributed by atoms with Gasteiger partial charge in [-0.3, -0.25) is 0 Å². The first kappa shape index (κ1) is 8.92. The van der Waals surface area contributed by atoms with Gasteiger partial charge in [0.1, 0.15) is 0 Å². The number of nitrogens with two attached hydrogens (primary N) is 1. The molecule has 9 heavy (non-hydrogen) atoms. The molecule has 0 rings (SSSR count). The lowest BCUT2D eigenvalue weighted by atomic mass is 9.98. The van der Waals surface area contributed by atoms with Crippen LogP contribution < -0.4 is 11.1 Å². The molecule has 0 bridgehead atoms. The molecule has 0 aromatic rings. The first-order valence-corrected chi connectivity index (χ1v) is 3.42. The molecule has 1 unspecified atom stereocenters. The van der Waals surface area contributed by atoms with E-state index in [0.717, 1.165) is 6.42 Å². The second kappa shape index (κ2) is 3.18. The fraction of sp³-hybridized carbons (Fsp3) is 1.00. The van der Waals surface area contributed by atoms with Crippen LogP contribution in [0.3, 0.4) is 0 Å². The van der Waals surface area contributed by atoms with Crippen LogP contribution in [0.5, 0.6) is 0 Å². The van der Waals surface area contributed by atoms with Gasteiger partial charge in [0.2, 0.25) is 0 Å². The van der Waals surface area contributed by atoms with Crippen LogP contribution in [0, 0.1) is 0 Å². The van der Waals surface area contributed by atoms with E-state index in [1.54, 1.807) is 0 Å². The summed E-state index contributed by atoms with van der Waals surface area (Å²) in [6.07, 6.45) is 1.02. The summed E-state index contributed by atoms with van der Waals surface area (Å²) < 4.78 is 0. The largest absolute Gasteiger partial charge is 0.326 e. The van der Waals surface area contributed by atoms with Gasteiger partial charge >= 0.3 is 0 Å². The van der Waals surface area contributed by atoms with Crippen LogP contribution in [0.2, 0.25) is 0 Å². The standard InChI is InChI=1S/C7H18N2/c1-6(9-4)5-7(2,3)8/h6,9H,5,8H2,1-4H3. The van der Waals surface area contributed by atoms with Gasteiger partial charge in [0, 0.05) is 11.6 Å². The van der Waals surface area contributed by atoms with E-state index >= 15 is 0 Å². The summed E-state index contributed by atoms with van der Waals surface area (Å²) in [5.41, 5.74) is 5.73. The molecule has 3 N–H and O–H groups in total. The van der Waals surface area contributed by atoms with Gasteiger partial charge < -0.3 is 11.1 Å². The molecular weight excluding hydrogens is 112 g/mol. The summed E-state index contributed by atoms with van der Waals surface area (Å²) in [6.45, 7) is 6.22. The summed E-state index contributed by atoms with van der Waals surface area (Å²) >= 11 is 0. The fourth-order valence-corrected chi connectivity index (χ4v) is 0.891. The topological polar surface area (TPSA) is 38.0 Å². The maximum Gasteiger partial charge on any atom is 0.0112 e. The Morgan fingerprint density at radius 2 is 2.00 bits per heavy atom. The lowest BCUT2D eigenvalue weighted by Gasteiger charge is -2.22. The Bertz CT molecular complexity index is 73.5. The van der Waals surface area contributed by atoms with E-state index in [0.29, 0.717) is 6.04 Å². The van der Waals surface area contributed by atoms with Crippen LogP contribution >= 0.6 is 0 Å². The Morgan fingerprint density at radius 3 is 2.11 bits per heavy atom. The normalized spacial score (nSPS) is 15.7. The fourth-order valence-electron chi connectivity index (χ4n) is 0.891. The van der Waals surface area contributed by atoms with Crippen LogP contribution in [0.25, 0.3) is 0 Å². The molecule has 0 aliphatic carbocycles. The monoisotopic (exact) mass is 130 g/mol. The van der Waals surface area contributed by atoms with E-state index < -0.39 is 0 Å². The van der Waals surface area contributed by atoms with Gasteiger partial charge in [0.15, 0.2) is 0 Å². The molecule has 0 radical (unpaired) electrons. The van der Waals surface area contributed by atoms with E-state index in [-0.39, 0.29) is 5.54 Å². The Morgan fingerprint density at radius 1 is 1.56 bits per heavy atom. The molecule has 0 aliphatic heterocycles. The molecule has 0 aliphatic rings. The average molecular weight is 130 g/mol. The molecule has 0 amide bonds. The van der Waals surface area contributed by atoms with Crippen molar-refractivity contribution in [3.8, 4) is 0 Å². The van der Waals surface area contributed by atoms with Crippen LogP contribution in [-0.2, 0) is 0 Å². The zero-order chi connectivity index (χ0) is 7.49. The van der Waals surface area contributed by atoms with Crippen LogP contribution in [0.4, 0.5) is 0 Å². The Kier molecular flexibility index (Phi) is 3.15. The molecule has 56 valence electrons. The number of hydrogen-bond acceptors (Lipinski definition) is 2. The highest BCUT2D eigenvalue weighted by atomic mass is 14.9. The minimum atomic E-state index is -0.0393. The van der Waals surface area contributed by atoms with Gasteiger partial charge in [-0.1, -0.05) is 0 Å². The molecule has 0 aromatic carbocycles. The molecule has 1 atom stereocenters. The predicted molar refractivity (Wildman–Crippen MR) is 41.4 cm³/mol. The first-order valence-electron chi connectivity index (χ1n) is 3.42. The second-order valence-electron chi connectivity index (χ2n) is 3.38. The molecule has 0 spiro atoms. The maximum atomic E-state index is 5.77. The molecule has 2 nitrogen and oxygen atoms in total. The molecule has 0 saturated carbocycles. The van der Waals surface area contributed by atoms with Crippen molar-refractivity contribution < 1.29 is 0 Å². The molecule has 2 heteroatoms. The second-order valence-corrected chi connectivity index (χ2v) is 3.38. The zero-order valence-electron chi connectivity index (χ0n) is 6.86. The SMILES string of the molecule is CNC(C)CC(C)(C)N. The first-order chi connectivity index (χ1) is 3.95. The number of nitrogens with one attached hydrogen (secondary N) is 1. The van der Waals surface area contributed by atoms with E-state index in [1.807, 2.05) is 20.9 Å². The van der Waals surface area contributed by atoms with Crippen LogP contribution in [0.15, 0.2) is 0 Å². The average Bonchev–Trinajstić information content (AvgIpc) is 1.62. The lowest BCUT2D eigenvalue weighted by molar-refractivity contribution is 0.405. The van der Waals surface area contributed by atoms with Crippen molar-refractivity contribution >= 4 is 0 Å². The predicted octanol–water partition coefficient (Wildman–Crippen LogP) is 0.722.